The van der Waals surface area contributed by atoms with E-state index in [4.69, 9.17) is 4.98 Å². The number of hydrogen-bond donors (Lipinski definition) is 3. The molecular weight excluding hydrogens is 422 g/mol. The predicted octanol–water partition coefficient (Wildman–Crippen LogP) is 5.33. The largest absolute Gasteiger partial charge is 0.340 e. The number of piperidine rings is 1. The van der Waals surface area contributed by atoms with Crippen molar-refractivity contribution in [3.8, 4) is 22.6 Å². The van der Waals surface area contributed by atoms with Crippen molar-refractivity contribution in [2.75, 3.05) is 18.4 Å². The fourth-order valence-electron chi connectivity index (χ4n) is 4.10. The minimum atomic E-state index is -0.298. The summed E-state index contributed by atoms with van der Waals surface area (Å²) in [5, 5.41) is 6.48. The number of anilines is 2. The van der Waals surface area contributed by atoms with E-state index >= 15 is 0 Å². The molecule has 2 aromatic carbocycles. The standard InChI is InChI=1S/C25H24F2N6/c1-15-19(27)3-2-4-20(15)30-25-29-14-11-21(31-25)23-22(16-5-7-18(26)8-6-16)32-24(33-23)17-9-12-28-13-10-17/h2-8,11,14,17,28H,9-10,12-13H2,1H3,(H,32,33)(H,29,30,31). The lowest BCUT2D eigenvalue weighted by Crippen LogP contribution is -2.27. The van der Waals surface area contributed by atoms with E-state index < -0.39 is 0 Å². The van der Waals surface area contributed by atoms with Crippen LogP contribution in [0.1, 0.15) is 30.1 Å². The zero-order valence-corrected chi connectivity index (χ0v) is 18.2. The van der Waals surface area contributed by atoms with Crippen LogP contribution in [0.2, 0.25) is 0 Å². The van der Waals surface area contributed by atoms with Crippen LogP contribution in [-0.2, 0) is 0 Å². The van der Waals surface area contributed by atoms with Crippen LogP contribution in [-0.4, -0.2) is 33.0 Å². The van der Waals surface area contributed by atoms with E-state index in [2.05, 4.69) is 25.6 Å². The highest BCUT2D eigenvalue weighted by Crippen LogP contribution is 2.34. The molecule has 6 nitrogen and oxygen atoms in total. The summed E-state index contributed by atoms with van der Waals surface area (Å²) in [4.78, 5) is 17.4. The number of aromatic amines is 1. The van der Waals surface area contributed by atoms with Gasteiger partial charge in [0.1, 0.15) is 17.5 Å². The molecule has 0 unspecified atom stereocenters. The van der Waals surface area contributed by atoms with Gasteiger partial charge in [-0.1, -0.05) is 6.07 Å². The molecule has 3 heterocycles. The third-order valence-corrected chi connectivity index (χ3v) is 5.99. The quantitative estimate of drug-likeness (QED) is 0.386. The fraction of sp³-hybridized carbons (Fsp3) is 0.240. The minimum Gasteiger partial charge on any atom is -0.340 e. The van der Waals surface area contributed by atoms with Crippen LogP contribution in [0.3, 0.4) is 0 Å². The number of halogens is 2. The maximum absolute atomic E-state index is 13.9. The molecule has 0 aliphatic carbocycles. The Bertz CT molecular complexity index is 1260. The summed E-state index contributed by atoms with van der Waals surface area (Å²) in [6.45, 7) is 3.59. The Balaban J connectivity index is 1.54. The topological polar surface area (TPSA) is 78.5 Å². The highest BCUT2D eigenvalue weighted by molar-refractivity contribution is 5.77. The van der Waals surface area contributed by atoms with Gasteiger partial charge in [0.15, 0.2) is 0 Å². The second-order valence-electron chi connectivity index (χ2n) is 8.18. The van der Waals surface area contributed by atoms with E-state index in [9.17, 15) is 8.78 Å². The number of H-pyrrole nitrogens is 1. The van der Waals surface area contributed by atoms with Crippen molar-refractivity contribution in [2.24, 2.45) is 0 Å². The van der Waals surface area contributed by atoms with Gasteiger partial charge < -0.3 is 15.6 Å². The first kappa shape index (κ1) is 21.2. The van der Waals surface area contributed by atoms with E-state index in [1.165, 1.54) is 18.2 Å². The molecule has 1 saturated heterocycles. The first-order valence-electron chi connectivity index (χ1n) is 11.0. The number of rotatable bonds is 5. The first-order chi connectivity index (χ1) is 16.1. The van der Waals surface area contributed by atoms with Crippen molar-refractivity contribution < 1.29 is 8.78 Å². The van der Waals surface area contributed by atoms with Crippen LogP contribution < -0.4 is 10.6 Å². The molecule has 5 rings (SSSR count). The molecule has 1 aliphatic heterocycles. The smallest absolute Gasteiger partial charge is 0.227 e. The number of imidazole rings is 1. The average molecular weight is 447 g/mol. The van der Waals surface area contributed by atoms with Crippen molar-refractivity contribution in [3.63, 3.8) is 0 Å². The molecule has 0 amide bonds. The van der Waals surface area contributed by atoms with Gasteiger partial charge in [-0.3, -0.25) is 0 Å². The highest BCUT2D eigenvalue weighted by atomic mass is 19.1. The Kier molecular flexibility index (Phi) is 5.83. The Labute approximate surface area is 190 Å². The summed E-state index contributed by atoms with van der Waals surface area (Å²) in [6, 6.07) is 12.9. The molecule has 4 aromatic rings. The lowest BCUT2D eigenvalue weighted by Gasteiger charge is -2.20. The fourth-order valence-corrected chi connectivity index (χ4v) is 4.10. The van der Waals surface area contributed by atoms with Gasteiger partial charge in [-0.2, -0.15) is 0 Å². The van der Waals surface area contributed by atoms with Crippen LogP contribution in [0.5, 0.6) is 0 Å². The maximum atomic E-state index is 13.9. The second kappa shape index (κ2) is 9.07. The number of benzene rings is 2. The summed E-state index contributed by atoms with van der Waals surface area (Å²) >= 11 is 0. The number of hydrogen-bond acceptors (Lipinski definition) is 5. The van der Waals surface area contributed by atoms with Crippen molar-refractivity contribution in [3.05, 3.63) is 77.8 Å². The number of nitrogens with zero attached hydrogens (tertiary/aromatic N) is 3. The third-order valence-electron chi connectivity index (χ3n) is 5.99. The predicted molar refractivity (Wildman–Crippen MR) is 124 cm³/mol. The van der Waals surface area contributed by atoms with Crippen molar-refractivity contribution in [2.45, 2.75) is 25.7 Å². The molecule has 0 bridgehead atoms. The summed E-state index contributed by atoms with van der Waals surface area (Å²) in [6.07, 6.45) is 3.63. The summed E-state index contributed by atoms with van der Waals surface area (Å²) in [5.41, 5.74) is 4.01. The Morgan fingerprint density at radius 2 is 1.76 bits per heavy atom. The Hall–Kier alpha value is -3.65. The van der Waals surface area contributed by atoms with Gasteiger partial charge in [-0.25, -0.2) is 23.7 Å². The molecule has 1 aliphatic rings. The van der Waals surface area contributed by atoms with Gasteiger partial charge in [0, 0.05) is 28.9 Å². The normalized spacial score (nSPS) is 14.4. The van der Waals surface area contributed by atoms with Gasteiger partial charge in [0.05, 0.1) is 17.1 Å². The van der Waals surface area contributed by atoms with Gasteiger partial charge in [-0.15, -0.1) is 0 Å². The Morgan fingerprint density at radius 1 is 0.970 bits per heavy atom. The highest BCUT2D eigenvalue weighted by Gasteiger charge is 2.23. The molecule has 0 saturated carbocycles. The summed E-state index contributed by atoms with van der Waals surface area (Å²) in [7, 11) is 0. The van der Waals surface area contributed by atoms with Crippen LogP contribution >= 0.6 is 0 Å². The minimum absolute atomic E-state index is 0.296. The molecular formula is C25H24F2N6. The molecule has 33 heavy (non-hydrogen) atoms. The SMILES string of the molecule is Cc1c(F)cccc1Nc1nccc(-c2[nH]c(C3CCNCC3)nc2-c2ccc(F)cc2)n1. The molecule has 0 radical (unpaired) electrons. The van der Waals surface area contributed by atoms with E-state index in [0.717, 1.165) is 48.7 Å². The van der Waals surface area contributed by atoms with Crippen LogP contribution in [0.15, 0.2) is 54.7 Å². The van der Waals surface area contributed by atoms with Crippen molar-refractivity contribution >= 4 is 11.6 Å². The van der Waals surface area contributed by atoms with Gasteiger partial charge in [-0.05, 0) is 75.3 Å². The molecule has 3 N–H and O–H groups in total. The molecule has 0 atom stereocenters. The van der Waals surface area contributed by atoms with E-state index in [1.54, 1.807) is 43.5 Å². The van der Waals surface area contributed by atoms with Crippen LogP contribution in [0.25, 0.3) is 22.6 Å². The van der Waals surface area contributed by atoms with Crippen LogP contribution in [0.4, 0.5) is 20.4 Å². The lowest BCUT2D eigenvalue weighted by atomic mass is 9.98. The Morgan fingerprint density at radius 3 is 2.55 bits per heavy atom. The van der Waals surface area contributed by atoms with Crippen LogP contribution in [0, 0.1) is 18.6 Å². The van der Waals surface area contributed by atoms with E-state index in [-0.39, 0.29) is 11.6 Å². The zero-order valence-electron chi connectivity index (χ0n) is 18.2. The summed E-state index contributed by atoms with van der Waals surface area (Å²) in [5.74, 6) is 0.973. The molecule has 2 aromatic heterocycles. The molecule has 1 fully saturated rings. The molecule has 168 valence electrons. The van der Waals surface area contributed by atoms with Gasteiger partial charge >= 0.3 is 0 Å². The van der Waals surface area contributed by atoms with Crippen molar-refractivity contribution in [1.29, 1.82) is 0 Å². The van der Waals surface area contributed by atoms with Crippen molar-refractivity contribution in [1.82, 2.24) is 25.3 Å². The zero-order chi connectivity index (χ0) is 22.8. The number of aromatic nitrogens is 4. The maximum Gasteiger partial charge on any atom is 0.227 e. The van der Waals surface area contributed by atoms with E-state index in [0.29, 0.717) is 28.8 Å². The summed E-state index contributed by atoms with van der Waals surface area (Å²) < 4.78 is 27.5. The lowest BCUT2D eigenvalue weighted by molar-refractivity contribution is 0.447. The van der Waals surface area contributed by atoms with Gasteiger partial charge in [0.25, 0.3) is 0 Å². The number of nitrogens with one attached hydrogen (secondary N) is 3. The van der Waals surface area contributed by atoms with E-state index in [1.807, 2.05) is 0 Å². The first-order valence-corrected chi connectivity index (χ1v) is 11.0. The third kappa shape index (κ3) is 4.47. The monoisotopic (exact) mass is 446 g/mol. The second-order valence-corrected chi connectivity index (χ2v) is 8.18. The molecule has 0 spiro atoms. The molecule has 8 heteroatoms. The van der Waals surface area contributed by atoms with Gasteiger partial charge in [0.2, 0.25) is 5.95 Å². The average Bonchev–Trinajstić information content (AvgIpc) is 3.29.